The zero-order valence-electron chi connectivity index (χ0n) is 9.36. The van der Waals surface area contributed by atoms with Gasteiger partial charge in [0.15, 0.2) is 5.69 Å². The average molecular weight is 236 g/mol. The van der Waals surface area contributed by atoms with Crippen LogP contribution in [0.2, 0.25) is 0 Å². The fourth-order valence-corrected chi connectivity index (χ4v) is 1.74. The highest BCUT2D eigenvalue weighted by molar-refractivity contribution is 7.98. The number of nitriles is 1. The van der Waals surface area contributed by atoms with Gasteiger partial charge < -0.3 is 11.1 Å². The molecule has 0 amide bonds. The number of pyridine rings is 1. The Morgan fingerprint density at radius 2 is 2.31 bits per heavy atom. The summed E-state index contributed by atoms with van der Waals surface area (Å²) in [7, 11) is 0. The summed E-state index contributed by atoms with van der Waals surface area (Å²) >= 11 is 1.85. The molecule has 1 aromatic rings. The van der Waals surface area contributed by atoms with Crippen LogP contribution in [0.4, 0.5) is 11.5 Å². The summed E-state index contributed by atoms with van der Waals surface area (Å²) < 4.78 is 0. The molecule has 5 heteroatoms. The van der Waals surface area contributed by atoms with E-state index in [0.29, 0.717) is 5.69 Å². The zero-order chi connectivity index (χ0) is 11.8. The number of nitrogens with zero attached hydrogens (tertiary/aromatic N) is 2. The first kappa shape index (κ1) is 12.7. The molecule has 0 aliphatic carbocycles. The lowest BCUT2D eigenvalue weighted by Gasteiger charge is -2.06. The van der Waals surface area contributed by atoms with Gasteiger partial charge in [-0.1, -0.05) is 0 Å². The third kappa shape index (κ3) is 3.99. The standard InChI is InChI=1S/C11H16N4S/c1-16-7-3-2-6-14-11-5-4-9(13)10(8-12)15-11/h4-5H,2-3,6-7,13H2,1H3,(H,14,15). The SMILES string of the molecule is CSCCCCNc1ccc(N)c(C#N)n1. The quantitative estimate of drug-likeness (QED) is 0.740. The van der Waals surface area contributed by atoms with E-state index in [4.69, 9.17) is 11.0 Å². The fourth-order valence-electron chi connectivity index (χ4n) is 1.25. The topological polar surface area (TPSA) is 74.7 Å². The fraction of sp³-hybridized carbons (Fsp3) is 0.455. The molecule has 0 unspecified atom stereocenters. The van der Waals surface area contributed by atoms with Crippen LogP contribution in [0.25, 0.3) is 0 Å². The van der Waals surface area contributed by atoms with E-state index in [9.17, 15) is 0 Å². The molecule has 0 fully saturated rings. The molecule has 86 valence electrons. The summed E-state index contributed by atoms with van der Waals surface area (Å²) in [6.07, 6.45) is 4.40. The van der Waals surface area contributed by atoms with E-state index in [-0.39, 0.29) is 5.69 Å². The van der Waals surface area contributed by atoms with Gasteiger partial charge in [-0.25, -0.2) is 4.98 Å². The number of nitrogens with two attached hydrogens (primary N) is 1. The van der Waals surface area contributed by atoms with Gasteiger partial charge in [-0.2, -0.15) is 17.0 Å². The predicted octanol–water partition coefficient (Wildman–Crippen LogP) is 2.09. The second kappa shape index (κ2) is 6.96. The van der Waals surface area contributed by atoms with E-state index in [2.05, 4.69) is 16.6 Å². The van der Waals surface area contributed by atoms with Crippen LogP contribution in [0, 0.1) is 11.3 Å². The lowest BCUT2D eigenvalue weighted by molar-refractivity contribution is 0.839. The van der Waals surface area contributed by atoms with Crippen LogP contribution >= 0.6 is 11.8 Å². The van der Waals surface area contributed by atoms with Crippen molar-refractivity contribution in [2.45, 2.75) is 12.8 Å². The second-order valence-corrected chi connectivity index (χ2v) is 4.36. The Bertz CT molecular complexity index is 373. The van der Waals surface area contributed by atoms with E-state index in [0.717, 1.165) is 18.8 Å². The molecule has 0 radical (unpaired) electrons. The number of hydrogen-bond acceptors (Lipinski definition) is 5. The van der Waals surface area contributed by atoms with Crippen LogP contribution in [0.15, 0.2) is 12.1 Å². The van der Waals surface area contributed by atoms with Crippen molar-refractivity contribution in [1.82, 2.24) is 4.98 Å². The molecule has 0 saturated heterocycles. The number of nitrogens with one attached hydrogen (secondary N) is 1. The first-order valence-electron chi connectivity index (χ1n) is 5.17. The molecule has 1 heterocycles. The van der Waals surface area contributed by atoms with Crippen LogP contribution < -0.4 is 11.1 Å². The van der Waals surface area contributed by atoms with Crippen molar-refractivity contribution in [1.29, 1.82) is 5.26 Å². The third-order valence-corrected chi connectivity index (χ3v) is 2.81. The molecule has 1 rings (SSSR count). The van der Waals surface area contributed by atoms with Crippen LogP contribution in [0.1, 0.15) is 18.5 Å². The first-order valence-corrected chi connectivity index (χ1v) is 6.56. The maximum atomic E-state index is 8.76. The molecule has 0 aromatic carbocycles. The van der Waals surface area contributed by atoms with E-state index in [1.807, 2.05) is 17.8 Å². The number of unbranched alkanes of at least 4 members (excludes halogenated alkanes) is 1. The summed E-state index contributed by atoms with van der Waals surface area (Å²) in [5.41, 5.74) is 6.29. The molecule has 3 N–H and O–H groups in total. The van der Waals surface area contributed by atoms with Crippen LogP contribution in [-0.4, -0.2) is 23.5 Å². The largest absolute Gasteiger partial charge is 0.396 e. The Labute approximate surface area is 100 Å². The summed E-state index contributed by atoms with van der Waals surface area (Å²) in [5, 5.41) is 11.9. The van der Waals surface area contributed by atoms with Gasteiger partial charge in [-0.05, 0) is 37.0 Å². The average Bonchev–Trinajstić information content (AvgIpc) is 2.31. The molecular weight excluding hydrogens is 220 g/mol. The predicted molar refractivity (Wildman–Crippen MR) is 69.5 cm³/mol. The lowest BCUT2D eigenvalue weighted by Crippen LogP contribution is -2.05. The molecule has 0 bridgehead atoms. The Morgan fingerprint density at radius 3 is 3.00 bits per heavy atom. The van der Waals surface area contributed by atoms with Gasteiger partial charge in [-0.3, -0.25) is 0 Å². The summed E-state index contributed by atoms with van der Waals surface area (Å²) in [5.74, 6) is 1.90. The van der Waals surface area contributed by atoms with Gasteiger partial charge in [0, 0.05) is 6.54 Å². The number of nitrogen functional groups attached to an aromatic ring is 1. The zero-order valence-corrected chi connectivity index (χ0v) is 10.2. The van der Waals surface area contributed by atoms with Crippen molar-refractivity contribution >= 4 is 23.3 Å². The van der Waals surface area contributed by atoms with Crippen molar-refractivity contribution in [3.05, 3.63) is 17.8 Å². The maximum Gasteiger partial charge on any atom is 0.165 e. The number of hydrogen-bond donors (Lipinski definition) is 2. The first-order chi connectivity index (χ1) is 7.77. The molecule has 0 atom stereocenters. The van der Waals surface area contributed by atoms with Gasteiger partial charge in [-0.15, -0.1) is 0 Å². The van der Waals surface area contributed by atoms with Crippen molar-refractivity contribution in [2.75, 3.05) is 29.6 Å². The third-order valence-electron chi connectivity index (χ3n) is 2.11. The Balaban J connectivity index is 2.40. The van der Waals surface area contributed by atoms with E-state index in [1.165, 1.54) is 12.2 Å². The molecular formula is C11H16N4S. The number of anilines is 2. The minimum absolute atomic E-state index is 0.286. The van der Waals surface area contributed by atoms with Crippen LogP contribution in [0.5, 0.6) is 0 Å². The molecule has 4 nitrogen and oxygen atoms in total. The summed E-state index contributed by atoms with van der Waals surface area (Å²) in [6, 6.07) is 5.47. The Morgan fingerprint density at radius 1 is 1.50 bits per heavy atom. The highest BCUT2D eigenvalue weighted by Crippen LogP contribution is 2.12. The van der Waals surface area contributed by atoms with Crippen LogP contribution in [-0.2, 0) is 0 Å². The normalized spacial score (nSPS) is 9.75. The van der Waals surface area contributed by atoms with Crippen molar-refractivity contribution in [3.63, 3.8) is 0 Å². The lowest BCUT2D eigenvalue weighted by atomic mass is 10.3. The van der Waals surface area contributed by atoms with E-state index in [1.54, 1.807) is 12.1 Å². The second-order valence-electron chi connectivity index (χ2n) is 3.37. The van der Waals surface area contributed by atoms with Crippen molar-refractivity contribution < 1.29 is 0 Å². The molecule has 1 aromatic heterocycles. The maximum absolute atomic E-state index is 8.76. The number of aromatic nitrogens is 1. The van der Waals surface area contributed by atoms with Gasteiger partial charge in [0.2, 0.25) is 0 Å². The Kier molecular flexibility index (Phi) is 5.51. The smallest absolute Gasteiger partial charge is 0.165 e. The number of rotatable bonds is 6. The Hall–Kier alpha value is -1.41. The summed E-state index contributed by atoms with van der Waals surface area (Å²) in [6.45, 7) is 0.877. The molecule has 16 heavy (non-hydrogen) atoms. The molecule has 0 spiro atoms. The summed E-state index contributed by atoms with van der Waals surface area (Å²) in [4.78, 5) is 4.11. The van der Waals surface area contributed by atoms with Gasteiger partial charge in [0.1, 0.15) is 11.9 Å². The van der Waals surface area contributed by atoms with Crippen LogP contribution in [0.3, 0.4) is 0 Å². The monoisotopic (exact) mass is 236 g/mol. The van der Waals surface area contributed by atoms with E-state index < -0.39 is 0 Å². The van der Waals surface area contributed by atoms with E-state index >= 15 is 0 Å². The highest BCUT2D eigenvalue weighted by atomic mass is 32.2. The molecule has 0 aliphatic rings. The minimum atomic E-state index is 0.286. The molecule has 0 saturated carbocycles. The van der Waals surface area contributed by atoms with Gasteiger partial charge in [0.25, 0.3) is 0 Å². The van der Waals surface area contributed by atoms with Crippen molar-refractivity contribution in [2.24, 2.45) is 0 Å². The highest BCUT2D eigenvalue weighted by Gasteiger charge is 2.00. The van der Waals surface area contributed by atoms with Crippen molar-refractivity contribution in [3.8, 4) is 6.07 Å². The van der Waals surface area contributed by atoms with Gasteiger partial charge >= 0.3 is 0 Å². The van der Waals surface area contributed by atoms with Gasteiger partial charge in [0.05, 0.1) is 5.69 Å². The minimum Gasteiger partial charge on any atom is -0.396 e. The number of thioether (sulfide) groups is 1. The molecule has 0 aliphatic heterocycles.